The quantitative estimate of drug-likeness (QED) is 0.747. The van der Waals surface area contributed by atoms with Gasteiger partial charge in [0.15, 0.2) is 23.9 Å². The number of ketones is 1. The molecule has 0 unspecified atom stereocenters. The second kappa shape index (κ2) is 5.12. The van der Waals surface area contributed by atoms with E-state index < -0.39 is 12.5 Å². The minimum atomic E-state index is -2.91. The van der Waals surface area contributed by atoms with Crippen molar-refractivity contribution in [1.82, 2.24) is 0 Å². The number of ether oxygens (including phenoxy) is 2. The highest BCUT2D eigenvalue weighted by molar-refractivity contribution is 5.94. The van der Waals surface area contributed by atoms with E-state index in [0.717, 1.165) is 6.92 Å². The molecule has 1 aromatic rings. The zero-order valence-electron chi connectivity index (χ0n) is 9.92. The monoisotopic (exact) mass is 244 g/mol. The van der Waals surface area contributed by atoms with Gasteiger partial charge in [0.2, 0.25) is 0 Å². The van der Waals surface area contributed by atoms with Crippen molar-refractivity contribution < 1.29 is 23.0 Å². The molecule has 3 nitrogen and oxygen atoms in total. The molecular weight excluding hydrogens is 230 g/mol. The largest absolute Gasteiger partial charge is 0.493 e. The third kappa shape index (κ3) is 4.01. The van der Waals surface area contributed by atoms with Crippen molar-refractivity contribution in [2.45, 2.75) is 19.8 Å². The van der Waals surface area contributed by atoms with Gasteiger partial charge in [-0.25, -0.2) is 8.78 Å². The summed E-state index contributed by atoms with van der Waals surface area (Å²) >= 11 is 0. The van der Waals surface area contributed by atoms with Crippen molar-refractivity contribution in [3.63, 3.8) is 0 Å². The average molecular weight is 244 g/mol. The Bertz CT molecular complexity index is 411. The fourth-order valence-electron chi connectivity index (χ4n) is 1.21. The normalized spacial score (nSPS) is 11.1. The first-order chi connectivity index (χ1) is 7.83. The summed E-state index contributed by atoms with van der Waals surface area (Å²) in [5.74, 6) is -2.58. The van der Waals surface area contributed by atoms with Gasteiger partial charge < -0.3 is 9.47 Å². The predicted molar refractivity (Wildman–Crippen MR) is 59.1 cm³/mol. The van der Waals surface area contributed by atoms with E-state index >= 15 is 0 Å². The van der Waals surface area contributed by atoms with Gasteiger partial charge in [0.05, 0.1) is 7.11 Å². The maximum atomic E-state index is 12.6. The van der Waals surface area contributed by atoms with Crippen LogP contribution in [0, 0.1) is 0 Å². The molecule has 1 rings (SSSR count). The van der Waals surface area contributed by atoms with Crippen molar-refractivity contribution >= 4 is 5.78 Å². The van der Waals surface area contributed by atoms with Crippen LogP contribution in [-0.2, 0) is 0 Å². The third-order valence-corrected chi connectivity index (χ3v) is 2.05. The molecule has 0 aliphatic heterocycles. The molecule has 0 radical (unpaired) electrons. The number of Topliss-reactive ketones (excluding diaryl/α,β-unsaturated/α-hetero) is 1. The Labute approximate surface area is 98.3 Å². The molecule has 0 bridgehead atoms. The first-order valence-electron chi connectivity index (χ1n) is 5.03. The Morgan fingerprint density at radius 3 is 2.47 bits per heavy atom. The van der Waals surface area contributed by atoms with E-state index in [9.17, 15) is 13.6 Å². The Kier molecular flexibility index (Phi) is 4.04. The number of hydrogen-bond donors (Lipinski definition) is 0. The van der Waals surface area contributed by atoms with Crippen LogP contribution in [-0.4, -0.2) is 25.4 Å². The number of methoxy groups -OCH3 is 1. The van der Waals surface area contributed by atoms with Crippen molar-refractivity contribution in [2.75, 3.05) is 13.7 Å². The molecule has 0 fully saturated rings. The number of alkyl halides is 2. The van der Waals surface area contributed by atoms with Gasteiger partial charge in [-0.05, 0) is 25.1 Å². The van der Waals surface area contributed by atoms with Crippen LogP contribution in [0.5, 0.6) is 11.5 Å². The summed E-state index contributed by atoms with van der Waals surface area (Å²) in [5.41, 5.74) is 0.442. The number of rotatable bonds is 5. The van der Waals surface area contributed by atoms with E-state index in [1.54, 1.807) is 0 Å². The van der Waals surface area contributed by atoms with Gasteiger partial charge in [0.25, 0.3) is 5.92 Å². The SMILES string of the molecule is COc1cc(C(C)=O)ccc1OCC(C)(F)F. The molecule has 0 N–H and O–H groups in total. The van der Waals surface area contributed by atoms with Gasteiger partial charge in [-0.15, -0.1) is 0 Å². The average Bonchev–Trinajstić information content (AvgIpc) is 2.24. The molecule has 0 saturated heterocycles. The van der Waals surface area contributed by atoms with Crippen molar-refractivity contribution in [3.05, 3.63) is 23.8 Å². The van der Waals surface area contributed by atoms with Gasteiger partial charge in [0, 0.05) is 12.5 Å². The zero-order chi connectivity index (χ0) is 13.1. The van der Waals surface area contributed by atoms with E-state index in [0.29, 0.717) is 5.56 Å². The van der Waals surface area contributed by atoms with Gasteiger partial charge >= 0.3 is 0 Å². The highest BCUT2D eigenvalue weighted by Gasteiger charge is 2.23. The summed E-state index contributed by atoms with van der Waals surface area (Å²) in [6.07, 6.45) is 0. The van der Waals surface area contributed by atoms with E-state index in [1.807, 2.05) is 0 Å². The maximum Gasteiger partial charge on any atom is 0.278 e. The number of hydrogen-bond acceptors (Lipinski definition) is 3. The summed E-state index contributed by atoms with van der Waals surface area (Å²) in [6, 6.07) is 4.42. The molecule has 0 amide bonds. The lowest BCUT2D eigenvalue weighted by molar-refractivity contribution is -0.0235. The zero-order valence-corrected chi connectivity index (χ0v) is 9.92. The van der Waals surface area contributed by atoms with Crippen molar-refractivity contribution in [3.8, 4) is 11.5 Å². The van der Waals surface area contributed by atoms with Crippen LogP contribution in [0.2, 0.25) is 0 Å². The van der Waals surface area contributed by atoms with Gasteiger partial charge in [-0.3, -0.25) is 4.79 Å². The van der Waals surface area contributed by atoms with E-state index in [2.05, 4.69) is 0 Å². The number of carbonyl (C=O) groups is 1. The molecule has 0 atom stereocenters. The van der Waals surface area contributed by atoms with E-state index in [4.69, 9.17) is 9.47 Å². The molecule has 17 heavy (non-hydrogen) atoms. The highest BCUT2D eigenvalue weighted by atomic mass is 19.3. The standard InChI is InChI=1S/C12H14F2O3/c1-8(15)9-4-5-10(11(6-9)16-3)17-7-12(2,13)14/h4-6H,7H2,1-3H3. The molecule has 5 heteroatoms. The van der Waals surface area contributed by atoms with Crippen LogP contribution in [0.1, 0.15) is 24.2 Å². The smallest absolute Gasteiger partial charge is 0.278 e. The summed E-state index contributed by atoms with van der Waals surface area (Å²) in [6.45, 7) is 1.45. The predicted octanol–water partition coefficient (Wildman–Crippen LogP) is 2.93. The molecule has 94 valence electrons. The van der Waals surface area contributed by atoms with Crippen LogP contribution < -0.4 is 9.47 Å². The van der Waals surface area contributed by atoms with Crippen LogP contribution in [0.25, 0.3) is 0 Å². The molecule has 0 aliphatic carbocycles. The second-order valence-corrected chi connectivity index (χ2v) is 3.78. The van der Waals surface area contributed by atoms with Crippen molar-refractivity contribution in [2.24, 2.45) is 0 Å². The molecule has 0 aromatic heterocycles. The Hall–Kier alpha value is -1.65. The molecule has 0 aliphatic rings. The first-order valence-corrected chi connectivity index (χ1v) is 5.03. The summed E-state index contributed by atoms with van der Waals surface area (Å²) in [4.78, 5) is 11.1. The summed E-state index contributed by atoms with van der Waals surface area (Å²) < 4.78 is 35.2. The Balaban J connectivity index is 2.89. The van der Waals surface area contributed by atoms with Gasteiger partial charge in [-0.2, -0.15) is 0 Å². The third-order valence-electron chi connectivity index (χ3n) is 2.05. The molecule has 0 spiro atoms. The van der Waals surface area contributed by atoms with Crippen molar-refractivity contribution in [1.29, 1.82) is 0 Å². The lowest BCUT2D eigenvalue weighted by atomic mass is 10.1. The highest BCUT2D eigenvalue weighted by Crippen LogP contribution is 2.29. The minimum Gasteiger partial charge on any atom is -0.493 e. The van der Waals surface area contributed by atoms with E-state index in [-0.39, 0.29) is 17.3 Å². The van der Waals surface area contributed by atoms with Gasteiger partial charge in [0.1, 0.15) is 0 Å². The Morgan fingerprint density at radius 1 is 1.35 bits per heavy atom. The molecule has 0 saturated carbocycles. The Morgan fingerprint density at radius 2 is 2.00 bits per heavy atom. The molecule has 1 aromatic carbocycles. The molecule has 0 heterocycles. The number of halogens is 2. The van der Waals surface area contributed by atoms with Crippen LogP contribution in [0.4, 0.5) is 8.78 Å². The fraction of sp³-hybridized carbons (Fsp3) is 0.417. The fourth-order valence-corrected chi connectivity index (χ4v) is 1.21. The maximum absolute atomic E-state index is 12.6. The van der Waals surface area contributed by atoms with Gasteiger partial charge in [-0.1, -0.05) is 0 Å². The summed E-state index contributed by atoms with van der Waals surface area (Å²) in [5, 5.41) is 0. The lowest BCUT2D eigenvalue weighted by Gasteiger charge is -2.14. The first kappa shape index (κ1) is 13.4. The molecular formula is C12H14F2O3. The lowest BCUT2D eigenvalue weighted by Crippen LogP contribution is -2.21. The van der Waals surface area contributed by atoms with E-state index in [1.165, 1.54) is 32.2 Å². The number of carbonyl (C=O) groups excluding carboxylic acids is 1. The van der Waals surface area contributed by atoms with Crippen LogP contribution in [0.3, 0.4) is 0 Å². The summed E-state index contributed by atoms with van der Waals surface area (Å²) in [7, 11) is 1.39. The van der Waals surface area contributed by atoms with Crippen LogP contribution in [0.15, 0.2) is 18.2 Å². The van der Waals surface area contributed by atoms with Crippen LogP contribution >= 0.6 is 0 Å². The minimum absolute atomic E-state index is 0.129. The second-order valence-electron chi connectivity index (χ2n) is 3.78. The topological polar surface area (TPSA) is 35.5 Å². The number of benzene rings is 1.